The van der Waals surface area contributed by atoms with Crippen LogP contribution in [0.5, 0.6) is 0 Å². The van der Waals surface area contributed by atoms with Gasteiger partial charge < -0.3 is 14.2 Å². The second-order valence-electron chi connectivity index (χ2n) is 5.44. The van der Waals surface area contributed by atoms with Crippen molar-refractivity contribution in [3.8, 4) is 0 Å². The van der Waals surface area contributed by atoms with Crippen LogP contribution in [0.2, 0.25) is 0 Å². The van der Waals surface area contributed by atoms with Gasteiger partial charge in [-0.1, -0.05) is 0 Å². The molecule has 1 aliphatic heterocycles. The highest BCUT2D eigenvalue weighted by molar-refractivity contribution is 5.85. The molecule has 0 unspecified atom stereocenters. The van der Waals surface area contributed by atoms with Gasteiger partial charge in [0.2, 0.25) is 0 Å². The van der Waals surface area contributed by atoms with Gasteiger partial charge in [-0.15, -0.1) is 12.4 Å². The van der Waals surface area contributed by atoms with Crippen molar-refractivity contribution in [3.05, 3.63) is 30.1 Å². The number of ether oxygens (including phenoxy) is 1. The molecule has 0 bridgehead atoms. The van der Waals surface area contributed by atoms with Crippen molar-refractivity contribution in [3.63, 3.8) is 0 Å². The van der Waals surface area contributed by atoms with Gasteiger partial charge in [0, 0.05) is 37.0 Å². The first-order chi connectivity index (χ1) is 9.25. The average Bonchev–Trinajstić information content (AvgIpc) is 3.03. The van der Waals surface area contributed by atoms with Crippen LogP contribution in [0.1, 0.15) is 24.6 Å². The van der Waals surface area contributed by atoms with Crippen molar-refractivity contribution in [1.82, 2.24) is 14.5 Å². The highest BCUT2D eigenvalue weighted by atomic mass is 35.5. The first-order valence-electron chi connectivity index (χ1n) is 6.96. The monoisotopic (exact) mass is 295 g/mol. The molecule has 0 aromatic carbocycles. The molecular formula is C15H22ClN3O. The van der Waals surface area contributed by atoms with Crippen LogP contribution in [0.25, 0.3) is 11.0 Å². The maximum absolute atomic E-state index is 5.85. The topological polar surface area (TPSA) is 30.3 Å². The third-order valence-electron chi connectivity index (χ3n) is 3.72. The molecule has 5 heteroatoms. The number of pyridine rings is 1. The minimum atomic E-state index is 0. The molecule has 4 nitrogen and oxygen atoms in total. The molecule has 1 fully saturated rings. The van der Waals surface area contributed by atoms with E-state index in [2.05, 4.69) is 40.7 Å². The fourth-order valence-corrected chi connectivity index (χ4v) is 2.72. The maximum atomic E-state index is 5.85. The Balaban J connectivity index is 0.00000147. The minimum absolute atomic E-state index is 0. The summed E-state index contributed by atoms with van der Waals surface area (Å²) >= 11 is 0. The lowest BCUT2D eigenvalue weighted by atomic mass is 10.2. The Hall–Kier alpha value is -1.10. The molecule has 1 aliphatic rings. The van der Waals surface area contributed by atoms with E-state index in [9.17, 15) is 0 Å². The van der Waals surface area contributed by atoms with E-state index >= 15 is 0 Å². The van der Waals surface area contributed by atoms with Crippen molar-refractivity contribution in [2.75, 3.05) is 27.2 Å². The van der Waals surface area contributed by atoms with Crippen LogP contribution in [0.3, 0.4) is 0 Å². The highest BCUT2D eigenvalue weighted by Gasteiger charge is 2.23. The molecule has 20 heavy (non-hydrogen) atoms. The summed E-state index contributed by atoms with van der Waals surface area (Å²) in [5.41, 5.74) is 2.36. The van der Waals surface area contributed by atoms with Gasteiger partial charge in [-0.25, -0.2) is 4.98 Å². The molecule has 0 spiro atoms. The summed E-state index contributed by atoms with van der Waals surface area (Å²) in [6.45, 7) is 2.86. The molecule has 3 rings (SSSR count). The van der Waals surface area contributed by atoms with Crippen LogP contribution in [-0.2, 0) is 11.3 Å². The molecule has 3 heterocycles. The van der Waals surface area contributed by atoms with Crippen molar-refractivity contribution in [1.29, 1.82) is 0 Å². The van der Waals surface area contributed by atoms with Crippen LogP contribution in [0.4, 0.5) is 0 Å². The molecular weight excluding hydrogens is 274 g/mol. The van der Waals surface area contributed by atoms with Gasteiger partial charge in [-0.2, -0.15) is 0 Å². The quantitative estimate of drug-likeness (QED) is 0.869. The van der Waals surface area contributed by atoms with E-state index < -0.39 is 0 Å². The van der Waals surface area contributed by atoms with Gasteiger partial charge in [-0.3, -0.25) is 0 Å². The Morgan fingerprint density at radius 1 is 1.45 bits per heavy atom. The summed E-state index contributed by atoms with van der Waals surface area (Å²) in [7, 11) is 4.20. The van der Waals surface area contributed by atoms with E-state index in [0.717, 1.165) is 38.2 Å². The van der Waals surface area contributed by atoms with Gasteiger partial charge in [-0.05, 0) is 45.1 Å². The highest BCUT2D eigenvalue weighted by Crippen LogP contribution is 2.32. The second kappa shape index (κ2) is 6.57. The predicted octanol–water partition coefficient (Wildman–Crippen LogP) is 2.87. The zero-order valence-electron chi connectivity index (χ0n) is 12.1. The van der Waals surface area contributed by atoms with E-state index in [4.69, 9.17) is 4.74 Å². The van der Waals surface area contributed by atoms with Crippen LogP contribution < -0.4 is 0 Å². The smallest absolute Gasteiger partial charge is 0.140 e. The largest absolute Gasteiger partial charge is 0.372 e. The number of nitrogens with zero attached hydrogens (tertiary/aromatic N) is 3. The predicted molar refractivity (Wildman–Crippen MR) is 83.5 cm³/mol. The molecule has 0 N–H and O–H groups in total. The van der Waals surface area contributed by atoms with Crippen LogP contribution in [-0.4, -0.2) is 41.7 Å². The molecule has 1 atom stereocenters. The molecule has 0 amide bonds. The first kappa shape index (κ1) is 15.3. The van der Waals surface area contributed by atoms with Gasteiger partial charge in [0.25, 0.3) is 0 Å². The van der Waals surface area contributed by atoms with E-state index in [1.165, 1.54) is 11.1 Å². The Kier molecular flexibility index (Phi) is 5.02. The standard InChI is InChI=1S/C15H21N3O.ClH/c1-17(2)8-9-18-13(14-6-4-10-19-14)11-12-5-3-7-16-15(12)18;/h3,5,7,11,14H,4,6,8-10H2,1-2H3;1H/t14-;/m0./s1. The average molecular weight is 296 g/mol. The SMILES string of the molecule is CN(C)CCn1c([C@@H]2CCCO2)cc2cccnc21.Cl. The third kappa shape index (κ3) is 2.97. The normalized spacial score (nSPS) is 18.6. The zero-order chi connectivity index (χ0) is 13.2. The number of fused-ring (bicyclic) bond motifs is 1. The Morgan fingerprint density at radius 3 is 3.00 bits per heavy atom. The first-order valence-corrected chi connectivity index (χ1v) is 6.96. The number of hydrogen-bond acceptors (Lipinski definition) is 3. The number of likely N-dealkylation sites (N-methyl/N-ethyl adjacent to an activating group) is 1. The van der Waals surface area contributed by atoms with Crippen LogP contribution in [0.15, 0.2) is 24.4 Å². The summed E-state index contributed by atoms with van der Waals surface area (Å²) in [5, 5.41) is 1.21. The molecule has 1 saturated heterocycles. The third-order valence-corrected chi connectivity index (χ3v) is 3.72. The molecule has 0 saturated carbocycles. The number of halogens is 1. The lowest BCUT2D eigenvalue weighted by Gasteiger charge is -2.17. The minimum Gasteiger partial charge on any atom is -0.372 e. The number of rotatable bonds is 4. The van der Waals surface area contributed by atoms with E-state index in [0.29, 0.717) is 0 Å². The van der Waals surface area contributed by atoms with Crippen molar-refractivity contribution in [2.24, 2.45) is 0 Å². The van der Waals surface area contributed by atoms with Crippen molar-refractivity contribution in [2.45, 2.75) is 25.5 Å². The second-order valence-corrected chi connectivity index (χ2v) is 5.44. The summed E-state index contributed by atoms with van der Waals surface area (Å²) in [5.74, 6) is 0. The van der Waals surface area contributed by atoms with Gasteiger partial charge in [0.1, 0.15) is 5.65 Å². The lowest BCUT2D eigenvalue weighted by Crippen LogP contribution is -2.20. The lowest BCUT2D eigenvalue weighted by molar-refractivity contribution is 0.105. The van der Waals surface area contributed by atoms with Gasteiger partial charge in [0.05, 0.1) is 6.10 Å². The Morgan fingerprint density at radius 2 is 2.30 bits per heavy atom. The molecule has 2 aromatic heterocycles. The summed E-state index contributed by atoms with van der Waals surface area (Å²) in [4.78, 5) is 6.74. The van der Waals surface area contributed by atoms with Gasteiger partial charge in [0.15, 0.2) is 0 Å². The van der Waals surface area contributed by atoms with E-state index in [1.807, 2.05) is 12.3 Å². The summed E-state index contributed by atoms with van der Waals surface area (Å²) < 4.78 is 8.18. The van der Waals surface area contributed by atoms with Crippen LogP contribution in [0, 0.1) is 0 Å². The van der Waals surface area contributed by atoms with Crippen molar-refractivity contribution < 1.29 is 4.74 Å². The van der Waals surface area contributed by atoms with Crippen molar-refractivity contribution >= 4 is 23.4 Å². The Bertz CT molecular complexity index is 561. The number of aromatic nitrogens is 2. The molecule has 2 aromatic rings. The van der Waals surface area contributed by atoms with Gasteiger partial charge >= 0.3 is 0 Å². The fraction of sp³-hybridized carbons (Fsp3) is 0.533. The number of hydrogen-bond donors (Lipinski definition) is 0. The fourth-order valence-electron chi connectivity index (χ4n) is 2.72. The van der Waals surface area contributed by atoms with E-state index in [1.54, 1.807) is 0 Å². The van der Waals surface area contributed by atoms with Crippen LogP contribution >= 0.6 is 12.4 Å². The van der Waals surface area contributed by atoms with E-state index in [-0.39, 0.29) is 18.5 Å². The summed E-state index contributed by atoms with van der Waals surface area (Å²) in [6.07, 6.45) is 4.40. The molecule has 0 radical (unpaired) electrons. The molecule has 110 valence electrons. The maximum Gasteiger partial charge on any atom is 0.140 e. The zero-order valence-corrected chi connectivity index (χ0v) is 12.9. The molecule has 0 aliphatic carbocycles. The summed E-state index contributed by atoms with van der Waals surface area (Å²) in [6, 6.07) is 6.37. The Labute approximate surface area is 126 Å².